The van der Waals surface area contributed by atoms with E-state index in [0.29, 0.717) is 12.3 Å². The molecule has 0 aliphatic carbocycles. The van der Waals surface area contributed by atoms with Gasteiger partial charge in [-0.15, -0.1) is 0 Å². The van der Waals surface area contributed by atoms with Crippen molar-refractivity contribution in [1.82, 2.24) is 4.90 Å². The zero-order valence-corrected chi connectivity index (χ0v) is 15.1. The molecule has 0 aromatic heterocycles. The summed E-state index contributed by atoms with van der Waals surface area (Å²) in [7, 11) is -1.96. The molecule has 6 heteroatoms. The Morgan fingerprint density at radius 2 is 1.84 bits per heavy atom. The molecular formula is C19H23NO4S. The monoisotopic (exact) mass is 361 g/mol. The van der Waals surface area contributed by atoms with E-state index >= 15 is 0 Å². The molecule has 0 amide bonds. The number of methoxy groups -OCH3 is 1. The minimum Gasteiger partial charge on any atom is -0.497 e. The van der Waals surface area contributed by atoms with Crippen molar-refractivity contribution in [3.8, 4) is 11.5 Å². The van der Waals surface area contributed by atoms with Gasteiger partial charge in [0.15, 0.2) is 0 Å². The molecule has 25 heavy (non-hydrogen) atoms. The van der Waals surface area contributed by atoms with Gasteiger partial charge in [0.25, 0.3) is 0 Å². The highest BCUT2D eigenvalue weighted by atomic mass is 32.2. The first-order chi connectivity index (χ1) is 12.1. The van der Waals surface area contributed by atoms with E-state index < -0.39 is 10.1 Å². The summed E-state index contributed by atoms with van der Waals surface area (Å²) in [6.45, 7) is 1.35. The van der Waals surface area contributed by atoms with Crippen molar-refractivity contribution in [3.05, 3.63) is 60.2 Å². The van der Waals surface area contributed by atoms with Crippen LogP contribution in [-0.4, -0.2) is 39.3 Å². The van der Waals surface area contributed by atoms with Crippen molar-refractivity contribution in [2.24, 2.45) is 0 Å². The van der Waals surface area contributed by atoms with Gasteiger partial charge in [0, 0.05) is 12.6 Å². The van der Waals surface area contributed by atoms with Crippen LogP contribution < -0.4 is 8.92 Å². The van der Waals surface area contributed by atoms with Crippen LogP contribution in [0.1, 0.15) is 24.4 Å². The molecule has 5 nitrogen and oxygen atoms in total. The molecule has 0 N–H and O–H groups in total. The van der Waals surface area contributed by atoms with Crippen LogP contribution in [0.25, 0.3) is 0 Å². The van der Waals surface area contributed by atoms with Gasteiger partial charge in [0.05, 0.1) is 12.9 Å². The van der Waals surface area contributed by atoms with Gasteiger partial charge >= 0.3 is 10.1 Å². The van der Waals surface area contributed by atoms with E-state index in [1.807, 2.05) is 24.3 Å². The van der Waals surface area contributed by atoms with Crippen LogP contribution in [0.5, 0.6) is 11.5 Å². The predicted molar refractivity (Wildman–Crippen MR) is 97.4 cm³/mol. The molecule has 3 rings (SSSR count). The highest BCUT2D eigenvalue weighted by molar-refractivity contribution is 7.87. The van der Waals surface area contributed by atoms with Gasteiger partial charge in [-0.1, -0.05) is 30.3 Å². The normalized spacial score (nSPS) is 18.2. The van der Waals surface area contributed by atoms with E-state index in [1.54, 1.807) is 31.4 Å². The van der Waals surface area contributed by atoms with Crippen molar-refractivity contribution >= 4 is 10.1 Å². The number of ether oxygens (including phenoxy) is 1. The fraction of sp³-hybridized carbons (Fsp3) is 0.368. The Labute approximate surface area is 149 Å². The van der Waals surface area contributed by atoms with Crippen molar-refractivity contribution in [3.63, 3.8) is 0 Å². The summed E-state index contributed by atoms with van der Waals surface area (Å²) in [5.74, 6) is 1.15. The molecule has 0 bridgehead atoms. The minimum atomic E-state index is -3.61. The van der Waals surface area contributed by atoms with E-state index in [1.165, 1.54) is 5.56 Å². The minimum absolute atomic E-state index is 0.0254. The second-order valence-corrected chi connectivity index (χ2v) is 7.82. The van der Waals surface area contributed by atoms with Gasteiger partial charge in [-0.3, -0.25) is 4.90 Å². The Hall–Kier alpha value is -2.05. The molecular weight excluding hydrogens is 338 g/mol. The Morgan fingerprint density at radius 3 is 2.60 bits per heavy atom. The van der Waals surface area contributed by atoms with Crippen molar-refractivity contribution in [1.29, 1.82) is 0 Å². The number of likely N-dealkylation sites (tertiary alicyclic amines) is 1. The van der Waals surface area contributed by atoms with Gasteiger partial charge < -0.3 is 8.92 Å². The Kier molecular flexibility index (Phi) is 5.60. The maximum absolute atomic E-state index is 12.2. The Balaban J connectivity index is 1.63. The van der Waals surface area contributed by atoms with Crippen LogP contribution in [0.2, 0.25) is 0 Å². The second-order valence-electron chi connectivity index (χ2n) is 6.13. The van der Waals surface area contributed by atoms with Gasteiger partial charge in [-0.05, 0) is 49.2 Å². The molecule has 0 radical (unpaired) electrons. The molecule has 2 aromatic carbocycles. The molecule has 0 saturated carbocycles. The van der Waals surface area contributed by atoms with Gasteiger partial charge in [0.2, 0.25) is 0 Å². The first kappa shape index (κ1) is 17.8. The quantitative estimate of drug-likeness (QED) is 0.709. The standard InChI is InChI=1S/C19H23NO4S/c1-23-18-10-5-7-16(15-18)19-11-6-12-20(19)13-14-25(21,22)24-17-8-3-2-4-9-17/h2-5,7-10,15,19H,6,11-14H2,1H3/t19-/m1/s1. The molecule has 1 saturated heterocycles. The summed E-state index contributed by atoms with van der Waals surface area (Å²) < 4.78 is 34.9. The Morgan fingerprint density at radius 1 is 1.08 bits per heavy atom. The van der Waals surface area contributed by atoms with Crippen LogP contribution in [0, 0.1) is 0 Å². The molecule has 134 valence electrons. The summed E-state index contributed by atoms with van der Waals surface area (Å²) >= 11 is 0. The number of para-hydroxylation sites is 1. The van der Waals surface area contributed by atoms with Gasteiger partial charge in [0.1, 0.15) is 11.5 Å². The van der Waals surface area contributed by atoms with Gasteiger partial charge in [-0.2, -0.15) is 8.42 Å². The number of rotatable bonds is 7. The second kappa shape index (κ2) is 7.89. The fourth-order valence-electron chi connectivity index (χ4n) is 3.21. The zero-order chi connectivity index (χ0) is 17.7. The summed E-state index contributed by atoms with van der Waals surface area (Å²) in [4.78, 5) is 2.21. The topological polar surface area (TPSA) is 55.8 Å². The van der Waals surface area contributed by atoms with Crippen molar-refractivity contribution < 1.29 is 17.3 Å². The lowest BCUT2D eigenvalue weighted by molar-refractivity contribution is 0.270. The third kappa shape index (κ3) is 4.74. The highest BCUT2D eigenvalue weighted by Gasteiger charge is 2.27. The molecule has 1 aliphatic heterocycles. The lowest BCUT2D eigenvalue weighted by Gasteiger charge is -2.24. The average molecular weight is 361 g/mol. The fourth-order valence-corrected chi connectivity index (χ4v) is 4.16. The average Bonchev–Trinajstić information content (AvgIpc) is 3.09. The maximum Gasteiger partial charge on any atom is 0.310 e. The molecule has 1 fully saturated rings. The summed E-state index contributed by atoms with van der Waals surface area (Å²) in [6.07, 6.45) is 2.08. The van der Waals surface area contributed by atoms with Crippen LogP contribution in [0.4, 0.5) is 0 Å². The van der Waals surface area contributed by atoms with E-state index in [2.05, 4.69) is 11.0 Å². The third-order valence-corrected chi connectivity index (χ3v) is 5.57. The number of benzene rings is 2. The first-order valence-electron chi connectivity index (χ1n) is 8.42. The first-order valence-corrected chi connectivity index (χ1v) is 10.0. The maximum atomic E-state index is 12.2. The molecule has 1 aliphatic rings. The summed E-state index contributed by atoms with van der Waals surface area (Å²) in [5.41, 5.74) is 1.17. The van der Waals surface area contributed by atoms with Crippen molar-refractivity contribution in [2.45, 2.75) is 18.9 Å². The van der Waals surface area contributed by atoms with Crippen molar-refractivity contribution in [2.75, 3.05) is 26.0 Å². The van der Waals surface area contributed by atoms with Crippen LogP contribution in [0.3, 0.4) is 0 Å². The summed E-state index contributed by atoms with van der Waals surface area (Å²) in [6, 6.07) is 16.8. The lowest BCUT2D eigenvalue weighted by atomic mass is 10.0. The van der Waals surface area contributed by atoms with Crippen LogP contribution in [0.15, 0.2) is 54.6 Å². The van der Waals surface area contributed by atoms with Gasteiger partial charge in [-0.25, -0.2) is 0 Å². The van der Waals surface area contributed by atoms with Crippen LogP contribution >= 0.6 is 0 Å². The smallest absolute Gasteiger partial charge is 0.310 e. The lowest BCUT2D eigenvalue weighted by Crippen LogP contribution is -2.30. The van der Waals surface area contributed by atoms with E-state index in [9.17, 15) is 8.42 Å². The molecule has 1 heterocycles. The van der Waals surface area contributed by atoms with E-state index in [-0.39, 0.29) is 11.8 Å². The molecule has 0 unspecified atom stereocenters. The largest absolute Gasteiger partial charge is 0.497 e. The van der Waals surface area contributed by atoms with Crippen LogP contribution in [-0.2, 0) is 10.1 Å². The predicted octanol–water partition coefficient (Wildman–Crippen LogP) is 3.24. The summed E-state index contributed by atoms with van der Waals surface area (Å²) in [5, 5.41) is 0. The van der Waals surface area contributed by atoms with E-state index in [4.69, 9.17) is 8.92 Å². The molecule has 2 aromatic rings. The zero-order valence-electron chi connectivity index (χ0n) is 14.3. The Bertz CT molecular complexity index is 792. The highest BCUT2D eigenvalue weighted by Crippen LogP contribution is 2.33. The number of nitrogens with zero attached hydrogens (tertiary/aromatic N) is 1. The molecule has 0 spiro atoms. The number of hydrogen-bond acceptors (Lipinski definition) is 5. The SMILES string of the molecule is COc1cccc([C@H]2CCCN2CCS(=O)(=O)Oc2ccccc2)c1. The van der Waals surface area contributed by atoms with E-state index in [0.717, 1.165) is 25.1 Å². The third-order valence-electron chi connectivity index (χ3n) is 4.44. The number of hydrogen-bond donors (Lipinski definition) is 0. The molecule has 1 atom stereocenters.